The van der Waals surface area contributed by atoms with E-state index in [9.17, 15) is 9.50 Å². The number of aliphatic hydroxyl groups is 1. The normalized spacial score (nSPS) is 13.0. The molecule has 3 nitrogen and oxygen atoms in total. The van der Waals surface area contributed by atoms with Crippen molar-refractivity contribution >= 4 is 22.3 Å². The van der Waals surface area contributed by atoms with Crippen LogP contribution in [0.2, 0.25) is 0 Å². The van der Waals surface area contributed by atoms with Crippen molar-refractivity contribution in [3.8, 4) is 0 Å². The van der Waals surface area contributed by atoms with Crippen LogP contribution in [0.25, 0.3) is 11.0 Å². The molecule has 0 radical (unpaired) electrons. The predicted octanol–water partition coefficient (Wildman–Crippen LogP) is 3.61. The van der Waals surface area contributed by atoms with Crippen LogP contribution in [0, 0.1) is 12.7 Å². The van der Waals surface area contributed by atoms with E-state index in [2.05, 4.69) is 4.98 Å². The van der Waals surface area contributed by atoms with Gasteiger partial charge < -0.3 is 9.52 Å². The number of nitrogens with zero attached hydrogens (tertiary/aromatic N) is 1. The molecule has 0 saturated heterocycles. The van der Waals surface area contributed by atoms with Gasteiger partial charge in [-0.25, -0.2) is 9.37 Å². The van der Waals surface area contributed by atoms with Crippen molar-refractivity contribution in [1.29, 1.82) is 0 Å². The fraction of sp³-hybridized carbons (Fsp3) is 0.214. The number of aliphatic hydroxyl groups excluding tert-OH is 1. The van der Waals surface area contributed by atoms with E-state index in [1.165, 1.54) is 23.5 Å². The zero-order valence-electron chi connectivity index (χ0n) is 10.3. The monoisotopic (exact) mass is 277 g/mol. The van der Waals surface area contributed by atoms with Gasteiger partial charge in [-0.3, -0.25) is 0 Å². The van der Waals surface area contributed by atoms with Crippen molar-refractivity contribution in [2.45, 2.75) is 19.4 Å². The summed E-state index contributed by atoms with van der Waals surface area (Å²) in [6.07, 6.45) is 1.34. The number of hydrogen-bond acceptors (Lipinski definition) is 4. The molecule has 3 aromatic rings. The Morgan fingerprint density at radius 3 is 3.05 bits per heavy atom. The molecule has 1 unspecified atom stereocenters. The number of benzene rings is 1. The fourth-order valence-electron chi connectivity index (χ4n) is 2.14. The average Bonchev–Trinajstić information content (AvgIpc) is 2.98. The molecule has 5 heteroatoms. The lowest BCUT2D eigenvalue weighted by molar-refractivity contribution is 0.151. The van der Waals surface area contributed by atoms with Gasteiger partial charge in [-0.15, -0.1) is 11.3 Å². The third kappa shape index (κ3) is 2.27. The first-order valence-corrected chi connectivity index (χ1v) is 6.78. The molecule has 0 aliphatic rings. The Kier molecular flexibility index (Phi) is 3.08. The van der Waals surface area contributed by atoms with E-state index in [0.717, 1.165) is 10.6 Å². The van der Waals surface area contributed by atoms with E-state index >= 15 is 0 Å². The molecule has 0 fully saturated rings. The van der Waals surface area contributed by atoms with Crippen LogP contribution < -0.4 is 0 Å². The SMILES string of the molecule is Cc1c(C(O)Cc2nccs2)oc2ccc(F)cc12. The summed E-state index contributed by atoms with van der Waals surface area (Å²) in [5, 5.41) is 13.6. The highest BCUT2D eigenvalue weighted by atomic mass is 32.1. The quantitative estimate of drug-likeness (QED) is 0.795. The fourth-order valence-corrected chi connectivity index (χ4v) is 2.80. The van der Waals surface area contributed by atoms with Crippen LogP contribution in [0.5, 0.6) is 0 Å². The molecule has 0 bridgehead atoms. The van der Waals surface area contributed by atoms with Gasteiger partial charge in [-0.2, -0.15) is 0 Å². The van der Waals surface area contributed by atoms with Gasteiger partial charge in [-0.05, 0) is 25.1 Å². The first-order chi connectivity index (χ1) is 9.15. The number of furan rings is 1. The summed E-state index contributed by atoms with van der Waals surface area (Å²) >= 11 is 1.49. The maximum Gasteiger partial charge on any atom is 0.137 e. The molecule has 0 aliphatic carbocycles. The van der Waals surface area contributed by atoms with E-state index in [-0.39, 0.29) is 5.82 Å². The van der Waals surface area contributed by atoms with Crippen LogP contribution in [0.3, 0.4) is 0 Å². The average molecular weight is 277 g/mol. The smallest absolute Gasteiger partial charge is 0.137 e. The van der Waals surface area contributed by atoms with E-state index in [0.29, 0.717) is 23.2 Å². The molecule has 2 heterocycles. The first-order valence-electron chi connectivity index (χ1n) is 5.90. The Balaban J connectivity index is 1.98. The topological polar surface area (TPSA) is 46.3 Å². The highest BCUT2D eigenvalue weighted by molar-refractivity contribution is 7.09. The highest BCUT2D eigenvalue weighted by Gasteiger charge is 2.19. The Morgan fingerprint density at radius 1 is 1.47 bits per heavy atom. The number of halogens is 1. The number of aromatic nitrogens is 1. The van der Waals surface area contributed by atoms with E-state index in [1.54, 1.807) is 12.3 Å². The molecule has 0 aliphatic heterocycles. The molecular weight excluding hydrogens is 265 g/mol. The summed E-state index contributed by atoms with van der Waals surface area (Å²) in [5.74, 6) is 0.174. The molecule has 1 N–H and O–H groups in total. The van der Waals surface area contributed by atoms with Crippen LogP contribution in [0.4, 0.5) is 4.39 Å². The summed E-state index contributed by atoms with van der Waals surface area (Å²) < 4.78 is 18.8. The Morgan fingerprint density at radius 2 is 2.32 bits per heavy atom. The highest BCUT2D eigenvalue weighted by Crippen LogP contribution is 2.31. The third-order valence-electron chi connectivity index (χ3n) is 3.09. The molecule has 1 atom stereocenters. The second-order valence-corrected chi connectivity index (χ2v) is 5.36. The van der Waals surface area contributed by atoms with Crippen LogP contribution in [-0.2, 0) is 6.42 Å². The lowest BCUT2D eigenvalue weighted by Crippen LogP contribution is -2.01. The second-order valence-electron chi connectivity index (χ2n) is 4.38. The summed E-state index contributed by atoms with van der Waals surface area (Å²) in [6, 6.07) is 4.35. The van der Waals surface area contributed by atoms with Crippen LogP contribution in [0.15, 0.2) is 34.2 Å². The zero-order valence-corrected chi connectivity index (χ0v) is 11.1. The Bertz CT molecular complexity index is 706. The van der Waals surface area contributed by atoms with E-state index in [4.69, 9.17) is 4.42 Å². The number of aryl methyl sites for hydroxylation is 1. The van der Waals surface area contributed by atoms with Crippen LogP contribution in [0.1, 0.15) is 22.4 Å². The van der Waals surface area contributed by atoms with Crippen molar-refractivity contribution in [2.75, 3.05) is 0 Å². The number of fused-ring (bicyclic) bond motifs is 1. The van der Waals surface area contributed by atoms with Crippen molar-refractivity contribution < 1.29 is 13.9 Å². The van der Waals surface area contributed by atoms with Gasteiger partial charge in [0.25, 0.3) is 0 Å². The zero-order chi connectivity index (χ0) is 13.4. The van der Waals surface area contributed by atoms with Crippen molar-refractivity contribution in [2.24, 2.45) is 0 Å². The molecule has 1 aromatic carbocycles. The number of thiazole rings is 1. The molecular formula is C14H12FNO2S. The molecule has 0 amide bonds. The summed E-state index contributed by atoms with van der Waals surface area (Å²) in [7, 11) is 0. The van der Waals surface area contributed by atoms with Crippen LogP contribution in [-0.4, -0.2) is 10.1 Å². The maximum atomic E-state index is 13.2. The Hall–Kier alpha value is -1.72. The van der Waals surface area contributed by atoms with Crippen molar-refractivity contribution in [3.63, 3.8) is 0 Å². The molecule has 19 heavy (non-hydrogen) atoms. The standard InChI is InChI=1S/C14H12FNO2S/c1-8-10-6-9(15)2-3-12(10)18-14(8)11(17)7-13-16-4-5-19-13/h2-6,11,17H,7H2,1H3. The van der Waals surface area contributed by atoms with Gasteiger partial charge in [0, 0.05) is 28.9 Å². The number of hydrogen-bond donors (Lipinski definition) is 1. The Labute approximate surface area is 113 Å². The van der Waals surface area contributed by atoms with Gasteiger partial charge in [-0.1, -0.05) is 0 Å². The third-order valence-corrected chi connectivity index (χ3v) is 3.89. The minimum Gasteiger partial charge on any atom is -0.458 e. The van der Waals surface area contributed by atoms with E-state index in [1.807, 2.05) is 12.3 Å². The van der Waals surface area contributed by atoms with Crippen molar-refractivity contribution in [1.82, 2.24) is 4.98 Å². The number of rotatable bonds is 3. The summed E-state index contributed by atoms with van der Waals surface area (Å²) in [5.41, 5.74) is 1.37. The molecule has 3 rings (SSSR count). The van der Waals surface area contributed by atoms with Gasteiger partial charge in [0.1, 0.15) is 23.3 Å². The van der Waals surface area contributed by atoms with Gasteiger partial charge in [0.2, 0.25) is 0 Å². The van der Waals surface area contributed by atoms with Crippen molar-refractivity contribution in [3.05, 3.63) is 51.9 Å². The van der Waals surface area contributed by atoms with Gasteiger partial charge in [0.15, 0.2) is 0 Å². The van der Waals surface area contributed by atoms with Gasteiger partial charge >= 0.3 is 0 Å². The summed E-state index contributed by atoms with van der Waals surface area (Å²) in [6.45, 7) is 1.83. The van der Waals surface area contributed by atoms with Crippen LogP contribution >= 0.6 is 11.3 Å². The summed E-state index contributed by atoms with van der Waals surface area (Å²) in [4.78, 5) is 4.14. The largest absolute Gasteiger partial charge is 0.458 e. The second kappa shape index (κ2) is 4.75. The minimum absolute atomic E-state index is 0.308. The molecule has 2 aromatic heterocycles. The first kappa shape index (κ1) is 12.3. The minimum atomic E-state index is -0.762. The molecule has 98 valence electrons. The van der Waals surface area contributed by atoms with E-state index < -0.39 is 6.10 Å². The molecule has 0 saturated carbocycles. The molecule has 0 spiro atoms. The lowest BCUT2D eigenvalue weighted by atomic mass is 10.1. The lowest BCUT2D eigenvalue weighted by Gasteiger charge is -2.06. The maximum absolute atomic E-state index is 13.2. The van der Waals surface area contributed by atoms with Gasteiger partial charge in [0.05, 0.1) is 5.01 Å². The predicted molar refractivity (Wildman–Crippen MR) is 71.7 cm³/mol.